The SMILES string of the molecule is CC(C)[C@@H]1C(=O)O[C@@H](CI)C(=O)N(C)[C@H](C(C)C)C(=O)O[C@@H](CI)C(=O)N(C)[C@H](C(C)C)C(=O)O[C@@H](C)C(=O)N1C. The summed E-state index contributed by atoms with van der Waals surface area (Å²) < 4.78 is 16.9. The Morgan fingerprint density at radius 1 is 0.561 bits per heavy atom. The van der Waals surface area contributed by atoms with Gasteiger partial charge in [-0.2, -0.15) is 0 Å². The number of nitrogens with zero attached hydrogens (tertiary/aromatic N) is 3. The summed E-state index contributed by atoms with van der Waals surface area (Å²) in [6.45, 7) is 11.7. The molecule has 12 nitrogen and oxygen atoms in total. The van der Waals surface area contributed by atoms with Gasteiger partial charge in [-0.25, -0.2) is 14.4 Å². The van der Waals surface area contributed by atoms with Crippen LogP contribution in [-0.2, 0) is 43.0 Å². The third-order valence-electron chi connectivity index (χ3n) is 6.90. The third-order valence-corrected chi connectivity index (χ3v) is 8.50. The van der Waals surface area contributed by atoms with Crippen molar-refractivity contribution in [3.8, 4) is 0 Å². The van der Waals surface area contributed by atoms with Crippen LogP contribution in [0.4, 0.5) is 0 Å². The largest absolute Gasteiger partial charge is 0.451 e. The van der Waals surface area contributed by atoms with Crippen LogP contribution < -0.4 is 0 Å². The lowest BCUT2D eigenvalue weighted by Crippen LogP contribution is -2.56. The predicted octanol–water partition coefficient (Wildman–Crippen LogP) is 2.07. The molecule has 3 amide bonds. The summed E-state index contributed by atoms with van der Waals surface area (Å²) in [5.41, 5.74) is 0. The predicted molar refractivity (Wildman–Crippen MR) is 167 cm³/mol. The molecular formula is C27H43I2N3O9. The fourth-order valence-corrected chi connectivity index (χ4v) is 5.91. The zero-order chi connectivity index (χ0) is 31.9. The lowest BCUT2D eigenvalue weighted by molar-refractivity contribution is -0.176. The number of hydrogen-bond acceptors (Lipinski definition) is 9. The van der Waals surface area contributed by atoms with Gasteiger partial charge in [0.1, 0.15) is 18.1 Å². The zero-order valence-corrected chi connectivity index (χ0v) is 29.7. The van der Waals surface area contributed by atoms with Crippen LogP contribution in [0.25, 0.3) is 0 Å². The second-order valence-electron chi connectivity index (χ2n) is 11.2. The summed E-state index contributed by atoms with van der Waals surface area (Å²) in [7, 11) is 4.22. The van der Waals surface area contributed by atoms with E-state index in [-0.39, 0.29) is 8.86 Å². The van der Waals surface area contributed by atoms with Crippen molar-refractivity contribution >= 4 is 80.8 Å². The first kappa shape index (κ1) is 37.3. The van der Waals surface area contributed by atoms with Crippen molar-refractivity contribution in [3.63, 3.8) is 0 Å². The van der Waals surface area contributed by atoms with Gasteiger partial charge >= 0.3 is 17.9 Å². The maximum absolute atomic E-state index is 13.5. The number of carbonyl (C=O) groups is 6. The van der Waals surface area contributed by atoms with Crippen LogP contribution in [0.3, 0.4) is 0 Å². The van der Waals surface area contributed by atoms with Crippen LogP contribution >= 0.6 is 45.2 Å². The van der Waals surface area contributed by atoms with Gasteiger partial charge in [-0.3, -0.25) is 14.4 Å². The second kappa shape index (κ2) is 16.2. The Balaban J connectivity index is 3.71. The molecule has 0 aromatic carbocycles. The molecule has 41 heavy (non-hydrogen) atoms. The second-order valence-corrected chi connectivity index (χ2v) is 12.9. The number of ether oxygens (including phenoxy) is 3. The van der Waals surface area contributed by atoms with Crippen molar-refractivity contribution < 1.29 is 43.0 Å². The Kier molecular flexibility index (Phi) is 14.8. The van der Waals surface area contributed by atoms with E-state index < -0.39 is 89.8 Å². The van der Waals surface area contributed by atoms with E-state index in [1.54, 1.807) is 41.5 Å². The summed E-state index contributed by atoms with van der Waals surface area (Å²) in [4.78, 5) is 83.8. The number of alkyl halides is 2. The van der Waals surface area contributed by atoms with E-state index in [2.05, 4.69) is 0 Å². The van der Waals surface area contributed by atoms with Crippen LogP contribution in [-0.4, -0.2) is 117 Å². The fourth-order valence-electron chi connectivity index (χ4n) is 4.79. The molecule has 234 valence electrons. The summed E-state index contributed by atoms with van der Waals surface area (Å²) in [6, 6.07) is -3.27. The van der Waals surface area contributed by atoms with Crippen LogP contribution in [0, 0.1) is 17.8 Å². The van der Waals surface area contributed by atoms with Crippen LogP contribution in [0.15, 0.2) is 0 Å². The highest BCUT2D eigenvalue weighted by Gasteiger charge is 2.42. The molecule has 1 fully saturated rings. The normalized spacial score (nSPS) is 28.6. The van der Waals surface area contributed by atoms with E-state index in [4.69, 9.17) is 14.2 Å². The van der Waals surface area contributed by atoms with Gasteiger partial charge in [0.15, 0.2) is 18.3 Å². The van der Waals surface area contributed by atoms with Crippen molar-refractivity contribution in [1.82, 2.24) is 14.7 Å². The maximum atomic E-state index is 13.5. The molecule has 0 radical (unpaired) electrons. The van der Waals surface area contributed by atoms with Gasteiger partial charge in [0.25, 0.3) is 17.7 Å². The minimum atomic E-state index is -1.29. The molecular weight excluding hydrogens is 764 g/mol. The van der Waals surface area contributed by atoms with Gasteiger partial charge in [-0.1, -0.05) is 86.7 Å². The number of cyclic esters (lactones) is 3. The smallest absolute Gasteiger partial charge is 0.329 e. The number of hydrogen-bond donors (Lipinski definition) is 0. The van der Waals surface area contributed by atoms with Gasteiger partial charge in [0.05, 0.1) is 0 Å². The Labute approximate surface area is 269 Å². The highest BCUT2D eigenvalue weighted by molar-refractivity contribution is 14.1. The average Bonchev–Trinajstić information content (AvgIpc) is 2.87. The van der Waals surface area contributed by atoms with E-state index in [1.165, 1.54) is 33.0 Å². The Hall–Kier alpha value is -1.72. The van der Waals surface area contributed by atoms with Gasteiger partial charge < -0.3 is 28.9 Å². The minimum Gasteiger partial charge on any atom is -0.451 e. The molecule has 0 aliphatic carbocycles. The van der Waals surface area contributed by atoms with Crippen molar-refractivity contribution in [3.05, 3.63) is 0 Å². The molecule has 1 rings (SSSR count). The number of amides is 3. The minimum absolute atomic E-state index is 0.0826. The molecule has 0 aromatic heterocycles. The number of carbonyl (C=O) groups excluding carboxylic acids is 6. The highest BCUT2D eigenvalue weighted by Crippen LogP contribution is 2.21. The molecule has 0 bridgehead atoms. The lowest BCUT2D eigenvalue weighted by atomic mass is 10.0. The Morgan fingerprint density at radius 2 is 0.829 bits per heavy atom. The highest BCUT2D eigenvalue weighted by atomic mass is 127. The molecule has 0 unspecified atom stereocenters. The molecule has 0 spiro atoms. The van der Waals surface area contributed by atoms with Gasteiger partial charge in [0.2, 0.25) is 0 Å². The number of likely N-dealkylation sites (N-methyl/N-ethyl adjacent to an activating group) is 3. The molecule has 14 heteroatoms. The Morgan fingerprint density at radius 3 is 1.10 bits per heavy atom. The summed E-state index contributed by atoms with van der Waals surface area (Å²) >= 11 is 3.81. The van der Waals surface area contributed by atoms with E-state index in [9.17, 15) is 28.8 Å². The van der Waals surface area contributed by atoms with Gasteiger partial charge in [0, 0.05) is 30.0 Å². The standard InChI is InChI=1S/C27H43I2N3O9/c1-13(2)19-25(36)39-16(7)22(33)30(8)20(14(3)4)26(37)40-18(12-29)24(35)32(10)21(15(5)6)27(38)41-17(11-28)23(34)31(19)9/h13-21H,11-12H2,1-10H3/t16-,17-,18-,19+,20+,21+/m0/s1. The monoisotopic (exact) mass is 807 g/mol. The first-order valence-electron chi connectivity index (χ1n) is 13.5. The van der Waals surface area contributed by atoms with Crippen molar-refractivity contribution in [1.29, 1.82) is 0 Å². The first-order chi connectivity index (χ1) is 18.9. The Bertz CT molecular complexity index is 983. The van der Waals surface area contributed by atoms with Crippen molar-refractivity contribution in [2.75, 3.05) is 30.0 Å². The van der Waals surface area contributed by atoms with Crippen LogP contribution in [0.1, 0.15) is 48.5 Å². The van der Waals surface area contributed by atoms with E-state index in [0.29, 0.717) is 0 Å². The van der Waals surface area contributed by atoms with Crippen LogP contribution in [0.5, 0.6) is 0 Å². The molecule has 0 aromatic rings. The van der Waals surface area contributed by atoms with Gasteiger partial charge in [-0.15, -0.1) is 0 Å². The quantitative estimate of drug-likeness (QED) is 0.177. The maximum Gasteiger partial charge on any atom is 0.329 e. The van der Waals surface area contributed by atoms with Crippen molar-refractivity contribution in [2.24, 2.45) is 17.8 Å². The summed E-state index contributed by atoms with van der Waals surface area (Å²) in [5, 5.41) is 0. The third kappa shape index (κ3) is 9.13. The molecule has 6 atom stereocenters. The topological polar surface area (TPSA) is 140 Å². The van der Waals surface area contributed by atoms with Gasteiger partial charge in [-0.05, 0) is 24.7 Å². The van der Waals surface area contributed by atoms with Crippen molar-refractivity contribution in [2.45, 2.75) is 84.9 Å². The molecule has 0 N–H and O–H groups in total. The average molecular weight is 807 g/mol. The molecule has 1 saturated heterocycles. The summed E-state index contributed by atoms with van der Waals surface area (Å²) in [6.07, 6.45) is -3.79. The van der Waals surface area contributed by atoms with Crippen LogP contribution in [0.2, 0.25) is 0 Å². The number of rotatable bonds is 5. The number of halogens is 2. The number of esters is 3. The summed E-state index contributed by atoms with van der Waals surface area (Å²) in [5.74, 6) is -5.58. The first-order valence-corrected chi connectivity index (χ1v) is 16.5. The lowest BCUT2D eigenvalue weighted by Gasteiger charge is -2.36. The van der Waals surface area contributed by atoms with E-state index in [1.807, 2.05) is 45.2 Å². The molecule has 1 aliphatic heterocycles. The zero-order valence-electron chi connectivity index (χ0n) is 25.4. The van der Waals surface area contributed by atoms with E-state index in [0.717, 1.165) is 9.80 Å². The molecule has 1 heterocycles. The molecule has 1 aliphatic rings. The molecule has 0 saturated carbocycles. The fraction of sp³-hybridized carbons (Fsp3) is 0.778. The van der Waals surface area contributed by atoms with E-state index >= 15 is 0 Å².